The van der Waals surface area contributed by atoms with E-state index in [2.05, 4.69) is 10.6 Å². The average molecular weight is 412 g/mol. The molecule has 9 nitrogen and oxygen atoms in total. The smallest absolute Gasteiger partial charge is 0.275 e. The molecule has 1 aliphatic heterocycles. The molecule has 2 amide bonds. The molecule has 0 spiro atoms. The van der Waals surface area contributed by atoms with Crippen molar-refractivity contribution in [1.29, 1.82) is 5.26 Å². The number of likely N-dealkylation sites (tertiary alicyclic amines) is 1. The highest BCUT2D eigenvalue weighted by molar-refractivity contribution is 5.91. The lowest BCUT2D eigenvalue weighted by atomic mass is 9.91. The fourth-order valence-electron chi connectivity index (χ4n) is 3.52. The molecular weight excluding hydrogens is 388 g/mol. The number of carbonyl (C=O) groups excluding carboxylic acids is 2. The number of nitrogens with one attached hydrogen (secondary N) is 1. The van der Waals surface area contributed by atoms with E-state index in [0.29, 0.717) is 22.8 Å². The lowest BCUT2D eigenvalue weighted by Gasteiger charge is -2.28. The molecule has 0 unspecified atom stereocenters. The summed E-state index contributed by atoms with van der Waals surface area (Å²) < 4.78 is 5.31. The number of hydroxylamine groups is 1. The van der Waals surface area contributed by atoms with Crippen LogP contribution in [-0.2, 0) is 9.59 Å². The highest BCUT2D eigenvalue weighted by Gasteiger charge is 2.43. The van der Waals surface area contributed by atoms with Crippen molar-refractivity contribution in [2.24, 2.45) is 5.92 Å². The quantitative estimate of drug-likeness (QED) is 0.691. The number of rotatable bonds is 6. The van der Waals surface area contributed by atoms with E-state index in [1.807, 2.05) is 19.9 Å². The summed E-state index contributed by atoms with van der Waals surface area (Å²) >= 11 is 0. The minimum Gasteiger partial charge on any atom is -0.391 e. The van der Waals surface area contributed by atoms with Crippen molar-refractivity contribution in [2.75, 3.05) is 6.54 Å². The molecule has 0 bridgehead atoms. The van der Waals surface area contributed by atoms with Gasteiger partial charge >= 0.3 is 0 Å². The first kappa shape index (κ1) is 21.3. The summed E-state index contributed by atoms with van der Waals surface area (Å²) in [6, 6.07) is 9.04. The van der Waals surface area contributed by atoms with Gasteiger partial charge < -0.3 is 19.4 Å². The molecule has 2 heterocycles. The lowest BCUT2D eigenvalue weighted by Crippen LogP contribution is -2.48. The predicted molar refractivity (Wildman–Crippen MR) is 105 cm³/mol. The Morgan fingerprint density at radius 2 is 2.07 bits per heavy atom. The number of nitriles is 1. The van der Waals surface area contributed by atoms with E-state index in [9.17, 15) is 14.7 Å². The first-order chi connectivity index (χ1) is 14.3. The Morgan fingerprint density at radius 3 is 2.63 bits per heavy atom. The zero-order chi connectivity index (χ0) is 21.8. The van der Waals surface area contributed by atoms with E-state index in [1.165, 1.54) is 4.90 Å². The number of aliphatic hydroxyl groups is 1. The fraction of sp³-hybridized carbons (Fsp3) is 0.429. The van der Waals surface area contributed by atoms with E-state index in [0.717, 1.165) is 0 Å². The van der Waals surface area contributed by atoms with Crippen LogP contribution in [0.3, 0.4) is 0 Å². The third-order valence-electron chi connectivity index (χ3n) is 5.00. The van der Waals surface area contributed by atoms with E-state index in [-0.39, 0.29) is 24.8 Å². The first-order valence-corrected chi connectivity index (χ1v) is 9.68. The van der Waals surface area contributed by atoms with Crippen molar-refractivity contribution in [3.63, 3.8) is 0 Å². The number of aryl methyl sites for hydroxylation is 1. The second-order valence-electron chi connectivity index (χ2n) is 7.69. The molecule has 2 N–H and O–H groups in total. The predicted octanol–water partition coefficient (Wildman–Crippen LogP) is 1.67. The summed E-state index contributed by atoms with van der Waals surface area (Å²) in [5.41, 5.74) is 3.46. The highest BCUT2D eigenvalue weighted by Crippen LogP contribution is 2.31. The number of hydrogen-bond donors (Lipinski definition) is 2. The van der Waals surface area contributed by atoms with E-state index in [1.54, 1.807) is 37.3 Å². The van der Waals surface area contributed by atoms with Crippen LogP contribution in [0.15, 0.2) is 34.9 Å². The number of carbonyl (C=O) groups is 2. The molecule has 1 fully saturated rings. The maximum atomic E-state index is 13.3. The first-order valence-electron chi connectivity index (χ1n) is 9.68. The van der Waals surface area contributed by atoms with Crippen molar-refractivity contribution >= 4 is 11.8 Å². The van der Waals surface area contributed by atoms with Gasteiger partial charge in [-0.25, -0.2) is 0 Å². The largest absolute Gasteiger partial charge is 0.391 e. The van der Waals surface area contributed by atoms with Crippen LogP contribution in [-0.4, -0.2) is 45.7 Å². The van der Waals surface area contributed by atoms with Crippen molar-refractivity contribution in [3.05, 3.63) is 47.3 Å². The fourth-order valence-corrected chi connectivity index (χ4v) is 3.52. The average Bonchev–Trinajstić information content (AvgIpc) is 3.32. The van der Waals surface area contributed by atoms with Gasteiger partial charge in [-0.3, -0.25) is 9.59 Å². The van der Waals surface area contributed by atoms with Crippen LogP contribution in [0.25, 0.3) is 0 Å². The van der Waals surface area contributed by atoms with Crippen molar-refractivity contribution < 1.29 is 24.1 Å². The molecule has 0 aliphatic carbocycles. The van der Waals surface area contributed by atoms with Crippen LogP contribution in [0.2, 0.25) is 0 Å². The Labute approximate surface area is 174 Å². The van der Waals surface area contributed by atoms with Crippen LogP contribution in [0.1, 0.15) is 43.2 Å². The second-order valence-corrected chi connectivity index (χ2v) is 7.69. The monoisotopic (exact) mass is 412 g/mol. The molecule has 1 aromatic heterocycles. The van der Waals surface area contributed by atoms with Gasteiger partial charge in [0.05, 0.1) is 23.4 Å². The van der Waals surface area contributed by atoms with Crippen LogP contribution in [0.4, 0.5) is 0 Å². The molecule has 1 aromatic carbocycles. The van der Waals surface area contributed by atoms with E-state index in [4.69, 9.17) is 14.6 Å². The third kappa shape index (κ3) is 4.60. The molecule has 2 aromatic rings. The molecule has 1 saturated heterocycles. The Balaban J connectivity index is 1.72. The summed E-state index contributed by atoms with van der Waals surface area (Å²) in [6.07, 6.45) is -0.710. The minimum atomic E-state index is -0.879. The summed E-state index contributed by atoms with van der Waals surface area (Å²) in [7, 11) is 0. The zero-order valence-corrected chi connectivity index (χ0v) is 17.0. The normalized spacial score (nSPS) is 19.4. The van der Waals surface area contributed by atoms with E-state index >= 15 is 0 Å². The maximum absolute atomic E-state index is 13.3. The third-order valence-corrected chi connectivity index (χ3v) is 5.00. The van der Waals surface area contributed by atoms with Gasteiger partial charge in [0.2, 0.25) is 5.91 Å². The maximum Gasteiger partial charge on any atom is 0.275 e. The molecule has 3 rings (SSSR count). The van der Waals surface area contributed by atoms with Gasteiger partial charge in [-0.1, -0.05) is 19.0 Å². The van der Waals surface area contributed by atoms with Gasteiger partial charge in [-0.15, -0.1) is 0 Å². The Morgan fingerprint density at radius 1 is 1.37 bits per heavy atom. The molecular formula is C21H24N4O5. The van der Waals surface area contributed by atoms with Gasteiger partial charge in [0.25, 0.3) is 5.91 Å². The number of nitrogens with zero attached hydrogens (tertiary/aromatic N) is 3. The Hall–Kier alpha value is -3.38. The molecule has 3 atom stereocenters. The van der Waals surface area contributed by atoms with Gasteiger partial charge in [0.1, 0.15) is 17.7 Å². The van der Waals surface area contributed by atoms with Gasteiger partial charge in [0.15, 0.2) is 5.75 Å². The Bertz CT molecular complexity index is 947. The van der Waals surface area contributed by atoms with Crippen LogP contribution in [0, 0.1) is 24.2 Å². The number of aromatic nitrogens is 1. The highest BCUT2D eigenvalue weighted by atomic mass is 16.7. The SMILES string of the molecule is Cc1cc([C@H](C(=O)N2C[C@H](O)C[C@H]2C(=O)NOc2ccc(C#N)cc2)C(C)C)on1. The topological polar surface area (TPSA) is 129 Å². The standard InChI is InChI=1S/C21H24N4O5/c1-12(2)19(18-8-13(3)23-30-18)21(28)25-11-15(26)9-17(25)20(27)24-29-16-6-4-14(10-22)5-7-16/h4-8,12,15,17,19,26H,9,11H2,1-3H3,(H,24,27)/t15-,17+,19-/m1/s1. The Kier molecular flexibility index (Phi) is 6.37. The summed E-state index contributed by atoms with van der Waals surface area (Å²) in [5, 5.41) is 22.8. The molecule has 9 heteroatoms. The summed E-state index contributed by atoms with van der Waals surface area (Å²) in [4.78, 5) is 32.6. The lowest BCUT2D eigenvalue weighted by molar-refractivity contribution is -0.143. The van der Waals surface area contributed by atoms with Crippen LogP contribution < -0.4 is 10.3 Å². The number of hydrogen-bond acceptors (Lipinski definition) is 7. The number of amides is 2. The molecule has 0 radical (unpaired) electrons. The minimum absolute atomic E-state index is 0.0458. The molecule has 158 valence electrons. The van der Waals surface area contributed by atoms with Crippen molar-refractivity contribution in [3.8, 4) is 11.8 Å². The zero-order valence-electron chi connectivity index (χ0n) is 17.0. The van der Waals surface area contributed by atoms with Gasteiger partial charge in [-0.2, -0.15) is 10.7 Å². The second kappa shape index (κ2) is 8.97. The van der Waals surface area contributed by atoms with Crippen LogP contribution in [0.5, 0.6) is 5.75 Å². The van der Waals surface area contributed by atoms with Gasteiger partial charge in [-0.05, 0) is 37.1 Å². The van der Waals surface area contributed by atoms with E-state index < -0.39 is 24.0 Å². The van der Waals surface area contributed by atoms with Gasteiger partial charge in [0, 0.05) is 19.0 Å². The molecule has 1 aliphatic rings. The number of benzene rings is 1. The van der Waals surface area contributed by atoms with Crippen LogP contribution >= 0.6 is 0 Å². The number of aliphatic hydroxyl groups excluding tert-OH is 1. The summed E-state index contributed by atoms with van der Waals surface area (Å²) in [6.45, 7) is 5.58. The molecule has 0 saturated carbocycles. The number of β-amino-alcohol motifs (C(OH)–C–C–N with tert-alkyl or cyclic N) is 1. The molecule has 30 heavy (non-hydrogen) atoms. The summed E-state index contributed by atoms with van der Waals surface area (Å²) in [5.74, 6) is -0.790. The van der Waals surface area contributed by atoms with Crippen molar-refractivity contribution in [2.45, 2.75) is 45.3 Å². The van der Waals surface area contributed by atoms with Crippen molar-refractivity contribution in [1.82, 2.24) is 15.5 Å².